The molecule has 2 aliphatic carbocycles. The van der Waals surface area contributed by atoms with Crippen LogP contribution < -0.4 is 5.46 Å². The molecule has 3 heteroatoms. The average molecular weight is 240 g/mol. The van der Waals surface area contributed by atoms with E-state index in [9.17, 15) is 4.79 Å². The summed E-state index contributed by atoms with van der Waals surface area (Å²) in [4.78, 5) is 12.6. The first-order chi connectivity index (χ1) is 8.64. The Morgan fingerprint density at radius 2 is 2.06 bits per heavy atom. The molecule has 18 heavy (non-hydrogen) atoms. The smallest absolute Gasteiger partial charge is 0.169 e. The predicted molar refractivity (Wildman–Crippen MR) is 71.6 cm³/mol. The van der Waals surface area contributed by atoms with E-state index in [0.29, 0.717) is 17.4 Å². The molecular weight excluding hydrogens is 223 g/mol. The number of hydrogen-bond acceptors (Lipinski definition) is 2. The summed E-state index contributed by atoms with van der Waals surface area (Å²) in [6, 6.07) is 5.75. The lowest BCUT2D eigenvalue weighted by molar-refractivity contribution is 0.0285. The van der Waals surface area contributed by atoms with Gasteiger partial charge in [0, 0.05) is 18.1 Å². The molecule has 0 N–H and O–H groups in total. The van der Waals surface area contributed by atoms with Crippen LogP contribution in [0.15, 0.2) is 18.2 Å². The molecule has 2 radical (unpaired) electrons. The zero-order valence-corrected chi connectivity index (χ0v) is 10.7. The Bertz CT molecular complexity index is 487. The van der Waals surface area contributed by atoms with Crippen LogP contribution >= 0.6 is 0 Å². The first kappa shape index (κ1) is 12.0. The molecule has 1 spiro atoms. The van der Waals surface area contributed by atoms with Crippen LogP contribution in [0.2, 0.25) is 0 Å². The molecule has 3 rings (SSSR count). The fourth-order valence-electron chi connectivity index (χ4n) is 3.47. The minimum absolute atomic E-state index is 0.162. The highest BCUT2D eigenvalue weighted by atomic mass is 16.5. The zero-order chi connectivity index (χ0) is 12.8. The Balaban J connectivity index is 1.88. The average Bonchev–Trinajstić information content (AvgIpc) is 2.65. The number of rotatable bonds is 1. The maximum Gasteiger partial charge on any atom is 0.169 e. The van der Waals surface area contributed by atoms with Gasteiger partial charge in [-0.1, -0.05) is 23.7 Å². The van der Waals surface area contributed by atoms with Gasteiger partial charge in [0.05, 0.1) is 6.10 Å². The topological polar surface area (TPSA) is 26.3 Å². The second-order valence-corrected chi connectivity index (χ2v) is 5.64. The monoisotopic (exact) mass is 240 g/mol. The molecule has 2 nitrogen and oxygen atoms in total. The highest BCUT2D eigenvalue weighted by molar-refractivity contribution is 6.33. The summed E-state index contributed by atoms with van der Waals surface area (Å²) in [6.07, 6.45) is 5.09. The van der Waals surface area contributed by atoms with Gasteiger partial charge in [0.1, 0.15) is 7.85 Å². The van der Waals surface area contributed by atoms with Crippen molar-refractivity contribution in [1.82, 2.24) is 0 Å². The van der Waals surface area contributed by atoms with Gasteiger partial charge < -0.3 is 4.74 Å². The van der Waals surface area contributed by atoms with Gasteiger partial charge in [0.15, 0.2) is 5.78 Å². The van der Waals surface area contributed by atoms with Crippen LogP contribution in [-0.4, -0.2) is 26.8 Å². The standard InChI is InChI=1S/C15H17BO2/c1-18-12-4-6-15(7-5-12)9-10-2-3-11(16)8-13(10)14(15)17/h2-3,8,12H,4-7,9H2,1H3. The van der Waals surface area contributed by atoms with Crippen LogP contribution in [0, 0.1) is 5.41 Å². The van der Waals surface area contributed by atoms with Gasteiger partial charge in [-0.2, -0.15) is 0 Å². The van der Waals surface area contributed by atoms with E-state index in [4.69, 9.17) is 12.6 Å². The van der Waals surface area contributed by atoms with Crippen molar-refractivity contribution in [2.24, 2.45) is 5.41 Å². The van der Waals surface area contributed by atoms with Gasteiger partial charge in [-0.25, -0.2) is 0 Å². The Morgan fingerprint density at radius 1 is 1.33 bits per heavy atom. The second kappa shape index (κ2) is 4.23. The van der Waals surface area contributed by atoms with Crippen LogP contribution in [0.3, 0.4) is 0 Å². The van der Waals surface area contributed by atoms with Crippen molar-refractivity contribution in [2.45, 2.75) is 38.2 Å². The number of Topliss-reactive ketones (excluding diaryl/α,β-unsaturated/α-hetero) is 1. The summed E-state index contributed by atoms with van der Waals surface area (Å²) in [5, 5.41) is 0. The van der Waals surface area contributed by atoms with Crippen LogP contribution in [-0.2, 0) is 11.2 Å². The number of benzene rings is 1. The molecule has 1 aromatic rings. The number of carbonyl (C=O) groups excluding carboxylic acids is 1. The molecule has 0 unspecified atom stereocenters. The van der Waals surface area contributed by atoms with Crippen molar-refractivity contribution in [3.8, 4) is 0 Å². The molecule has 0 bridgehead atoms. The lowest BCUT2D eigenvalue weighted by Crippen LogP contribution is -2.35. The summed E-state index contributed by atoms with van der Waals surface area (Å²) in [5.74, 6) is 0.305. The maximum atomic E-state index is 12.6. The van der Waals surface area contributed by atoms with E-state index in [1.165, 1.54) is 5.56 Å². The molecule has 1 saturated carbocycles. The molecule has 92 valence electrons. The van der Waals surface area contributed by atoms with Crippen LogP contribution in [0.5, 0.6) is 0 Å². The Labute approximate surface area is 109 Å². The Morgan fingerprint density at radius 3 is 2.72 bits per heavy atom. The fourth-order valence-corrected chi connectivity index (χ4v) is 3.47. The second-order valence-electron chi connectivity index (χ2n) is 5.64. The summed E-state index contributed by atoms with van der Waals surface area (Å²) in [7, 11) is 7.54. The quantitative estimate of drug-likeness (QED) is 0.699. The third-order valence-corrected chi connectivity index (χ3v) is 4.61. The highest BCUT2D eigenvalue weighted by Gasteiger charge is 2.47. The molecule has 0 aromatic heterocycles. The number of ether oxygens (including phenoxy) is 1. The SMILES string of the molecule is [B]c1ccc2c(c1)C(=O)C1(CCC(OC)CC1)C2. The van der Waals surface area contributed by atoms with Crippen LogP contribution in [0.1, 0.15) is 41.6 Å². The Hall–Kier alpha value is -1.09. The van der Waals surface area contributed by atoms with Crippen molar-refractivity contribution in [1.29, 1.82) is 0 Å². The van der Waals surface area contributed by atoms with Crippen molar-refractivity contribution >= 4 is 19.1 Å². The molecule has 0 aliphatic heterocycles. The van der Waals surface area contributed by atoms with Gasteiger partial charge in [0.2, 0.25) is 0 Å². The lowest BCUT2D eigenvalue weighted by atomic mass is 9.70. The molecular formula is C15H17BO2. The molecule has 0 atom stereocenters. The summed E-state index contributed by atoms with van der Waals surface area (Å²) < 4.78 is 5.39. The minimum atomic E-state index is -0.162. The van der Waals surface area contributed by atoms with Gasteiger partial charge in [-0.3, -0.25) is 4.79 Å². The van der Waals surface area contributed by atoms with E-state index >= 15 is 0 Å². The summed E-state index contributed by atoms with van der Waals surface area (Å²) in [5.41, 5.74) is 2.55. The van der Waals surface area contributed by atoms with Gasteiger partial charge >= 0.3 is 0 Å². The van der Waals surface area contributed by atoms with Crippen LogP contribution in [0.4, 0.5) is 0 Å². The zero-order valence-electron chi connectivity index (χ0n) is 10.7. The fraction of sp³-hybridized carbons (Fsp3) is 0.533. The first-order valence-corrected chi connectivity index (χ1v) is 6.61. The lowest BCUT2D eigenvalue weighted by Gasteiger charge is -2.35. The van der Waals surface area contributed by atoms with Crippen molar-refractivity contribution < 1.29 is 9.53 Å². The summed E-state index contributed by atoms with van der Waals surface area (Å²) in [6.45, 7) is 0. The highest BCUT2D eigenvalue weighted by Crippen LogP contribution is 2.47. The third kappa shape index (κ3) is 1.73. The van der Waals surface area contributed by atoms with Crippen molar-refractivity contribution in [2.75, 3.05) is 7.11 Å². The Kier molecular flexibility index (Phi) is 2.82. The third-order valence-electron chi connectivity index (χ3n) is 4.61. The minimum Gasteiger partial charge on any atom is -0.381 e. The molecule has 0 saturated heterocycles. The van der Waals surface area contributed by atoms with Crippen molar-refractivity contribution in [3.63, 3.8) is 0 Å². The summed E-state index contributed by atoms with van der Waals surface area (Å²) >= 11 is 0. The van der Waals surface area contributed by atoms with Gasteiger partial charge in [-0.05, 0) is 37.7 Å². The molecule has 0 amide bonds. The van der Waals surface area contributed by atoms with E-state index < -0.39 is 0 Å². The van der Waals surface area contributed by atoms with E-state index in [1.54, 1.807) is 7.11 Å². The number of methoxy groups -OCH3 is 1. The van der Waals surface area contributed by atoms with E-state index in [0.717, 1.165) is 37.7 Å². The number of carbonyl (C=O) groups is 1. The largest absolute Gasteiger partial charge is 0.381 e. The predicted octanol–water partition coefficient (Wildman–Crippen LogP) is 1.79. The van der Waals surface area contributed by atoms with E-state index in [2.05, 4.69) is 0 Å². The normalized spacial score (nSPS) is 30.7. The number of ketones is 1. The molecule has 1 aromatic carbocycles. The molecule has 2 aliphatic rings. The van der Waals surface area contributed by atoms with Gasteiger partial charge in [-0.15, -0.1) is 0 Å². The first-order valence-electron chi connectivity index (χ1n) is 6.61. The number of fused-ring (bicyclic) bond motifs is 1. The molecule has 0 heterocycles. The van der Waals surface area contributed by atoms with Gasteiger partial charge in [0.25, 0.3) is 0 Å². The maximum absolute atomic E-state index is 12.6. The molecule has 1 fully saturated rings. The van der Waals surface area contributed by atoms with E-state index in [1.807, 2.05) is 18.2 Å². The number of hydrogen-bond donors (Lipinski definition) is 0. The van der Waals surface area contributed by atoms with E-state index in [-0.39, 0.29) is 5.41 Å². The van der Waals surface area contributed by atoms with Crippen molar-refractivity contribution in [3.05, 3.63) is 29.3 Å². The van der Waals surface area contributed by atoms with Crippen LogP contribution in [0.25, 0.3) is 0 Å².